The van der Waals surface area contributed by atoms with Crippen LogP contribution in [0.2, 0.25) is 0 Å². The van der Waals surface area contributed by atoms with E-state index >= 15 is 0 Å². The van der Waals surface area contributed by atoms with Crippen molar-refractivity contribution in [1.82, 2.24) is 4.98 Å². The summed E-state index contributed by atoms with van der Waals surface area (Å²) in [7, 11) is 2.07. The maximum Gasteiger partial charge on any atom is 0.128 e. The van der Waals surface area contributed by atoms with Gasteiger partial charge in [-0.3, -0.25) is 0 Å². The van der Waals surface area contributed by atoms with Crippen LogP contribution in [0.25, 0.3) is 0 Å². The molecule has 0 saturated carbocycles. The first-order valence-corrected chi connectivity index (χ1v) is 6.45. The molecule has 1 unspecified atom stereocenters. The summed E-state index contributed by atoms with van der Waals surface area (Å²) in [5, 5.41) is 0. The number of nitrogens with two attached hydrogens (primary N) is 1. The molecule has 0 radical (unpaired) electrons. The summed E-state index contributed by atoms with van der Waals surface area (Å²) < 4.78 is 0. The predicted octanol–water partition coefficient (Wildman–Crippen LogP) is 1.73. The summed E-state index contributed by atoms with van der Waals surface area (Å²) in [5.41, 5.74) is 6.60. The third kappa shape index (κ3) is 3.39. The first kappa shape index (κ1) is 12.3. The highest BCUT2D eigenvalue weighted by molar-refractivity contribution is 7.98. The van der Waals surface area contributed by atoms with Gasteiger partial charge in [-0.1, -0.05) is 6.07 Å². The van der Waals surface area contributed by atoms with Gasteiger partial charge in [0.2, 0.25) is 0 Å². The van der Waals surface area contributed by atoms with Crippen LogP contribution >= 0.6 is 11.8 Å². The van der Waals surface area contributed by atoms with E-state index in [1.165, 1.54) is 0 Å². The average Bonchev–Trinajstić information content (AvgIpc) is 2.28. The molecule has 84 valence electrons. The molecule has 0 fully saturated rings. The molecule has 1 aromatic rings. The molecule has 0 amide bonds. The van der Waals surface area contributed by atoms with E-state index in [1.54, 1.807) is 0 Å². The fourth-order valence-electron chi connectivity index (χ4n) is 1.32. The van der Waals surface area contributed by atoms with Crippen LogP contribution < -0.4 is 10.6 Å². The Labute approximate surface area is 96.1 Å². The van der Waals surface area contributed by atoms with Crippen LogP contribution in [-0.4, -0.2) is 30.1 Å². The lowest BCUT2D eigenvalue weighted by atomic mass is 10.2. The number of hydrogen-bond acceptors (Lipinski definition) is 4. The molecule has 0 bridgehead atoms. The van der Waals surface area contributed by atoms with Gasteiger partial charge in [0.25, 0.3) is 0 Å². The summed E-state index contributed by atoms with van der Waals surface area (Å²) >= 11 is 1.85. The van der Waals surface area contributed by atoms with Crippen molar-refractivity contribution in [1.29, 1.82) is 0 Å². The van der Waals surface area contributed by atoms with Crippen molar-refractivity contribution in [3.05, 3.63) is 23.9 Å². The van der Waals surface area contributed by atoms with E-state index in [0.717, 1.165) is 17.1 Å². The molecule has 1 atom stereocenters. The number of hydrogen-bond donors (Lipinski definition) is 1. The number of thioether (sulfide) groups is 1. The number of nitrogens with zero attached hydrogens (tertiary/aromatic N) is 2. The summed E-state index contributed by atoms with van der Waals surface area (Å²) in [6.45, 7) is 2.76. The molecule has 0 aliphatic rings. The highest BCUT2D eigenvalue weighted by atomic mass is 32.2. The van der Waals surface area contributed by atoms with Gasteiger partial charge in [-0.05, 0) is 24.8 Å². The number of pyridine rings is 1. The molecule has 1 heterocycles. The van der Waals surface area contributed by atoms with Crippen LogP contribution in [-0.2, 0) is 6.54 Å². The van der Waals surface area contributed by atoms with Gasteiger partial charge in [-0.2, -0.15) is 11.8 Å². The Hall–Kier alpha value is -0.740. The Balaban J connectivity index is 2.69. The van der Waals surface area contributed by atoms with Gasteiger partial charge < -0.3 is 10.6 Å². The zero-order valence-corrected chi connectivity index (χ0v) is 10.4. The van der Waals surface area contributed by atoms with Gasteiger partial charge in [-0.15, -0.1) is 0 Å². The van der Waals surface area contributed by atoms with Crippen molar-refractivity contribution in [3.63, 3.8) is 0 Å². The van der Waals surface area contributed by atoms with Crippen molar-refractivity contribution in [2.45, 2.75) is 19.5 Å². The van der Waals surface area contributed by atoms with Crippen LogP contribution in [0.15, 0.2) is 18.3 Å². The van der Waals surface area contributed by atoms with Gasteiger partial charge >= 0.3 is 0 Å². The Kier molecular flexibility index (Phi) is 4.91. The highest BCUT2D eigenvalue weighted by Gasteiger charge is 2.09. The van der Waals surface area contributed by atoms with E-state index < -0.39 is 0 Å². The minimum absolute atomic E-state index is 0.497. The van der Waals surface area contributed by atoms with Crippen LogP contribution in [0.4, 0.5) is 5.82 Å². The molecular formula is C11H19N3S. The Bertz CT molecular complexity index is 286. The topological polar surface area (TPSA) is 42.1 Å². The van der Waals surface area contributed by atoms with E-state index in [2.05, 4.69) is 30.1 Å². The molecule has 0 aromatic carbocycles. The largest absolute Gasteiger partial charge is 0.356 e. The third-order valence-corrected chi connectivity index (χ3v) is 3.29. The molecule has 4 heteroatoms. The Morgan fingerprint density at radius 3 is 2.73 bits per heavy atom. The minimum Gasteiger partial charge on any atom is -0.356 e. The van der Waals surface area contributed by atoms with E-state index in [1.807, 2.05) is 30.1 Å². The fraction of sp³-hybridized carbons (Fsp3) is 0.545. The second kappa shape index (κ2) is 5.98. The summed E-state index contributed by atoms with van der Waals surface area (Å²) in [6.07, 6.45) is 3.97. The SMILES string of the molecule is CSCC(C)N(C)c1ccc(CN)cn1. The van der Waals surface area contributed by atoms with Gasteiger partial charge in [0.05, 0.1) is 0 Å². The maximum atomic E-state index is 5.53. The smallest absolute Gasteiger partial charge is 0.128 e. The van der Waals surface area contributed by atoms with Gasteiger partial charge in [-0.25, -0.2) is 4.98 Å². The fourth-order valence-corrected chi connectivity index (χ4v) is 2.03. The maximum absolute atomic E-state index is 5.53. The second-order valence-electron chi connectivity index (χ2n) is 3.64. The van der Waals surface area contributed by atoms with E-state index in [9.17, 15) is 0 Å². The van der Waals surface area contributed by atoms with Gasteiger partial charge in [0, 0.05) is 31.6 Å². The van der Waals surface area contributed by atoms with Gasteiger partial charge in [0.15, 0.2) is 0 Å². The second-order valence-corrected chi connectivity index (χ2v) is 4.55. The van der Waals surface area contributed by atoms with Crippen molar-refractivity contribution in [3.8, 4) is 0 Å². The van der Waals surface area contributed by atoms with Crippen LogP contribution in [0.1, 0.15) is 12.5 Å². The molecule has 1 aromatic heterocycles. The first-order chi connectivity index (χ1) is 7.19. The van der Waals surface area contributed by atoms with Crippen molar-refractivity contribution in [2.75, 3.05) is 24.0 Å². The molecule has 1 rings (SSSR count). The lowest BCUT2D eigenvalue weighted by molar-refractivity contribution is 0.752. The van der Waals surface area contributed by atoms with E-state index in [0.29, 0.717) is 12.6 Å². The summed E-state index contributed by atoms with van der Waals surface area (Å²) in [5.74, 6) is 2.12. The van der Waals surface area contributed by atoms with Crippen LogP contribution in [0, 0.1) is 0 Å². The standard InChI is InChI=1S/C11H19N3S/c1-9(8-15-3)14(2)11-5-4-10(6-12)7-13-11/h4-5,7,9H,6,8,12H2,1-3H3. The lowest BCUT2D eigenvalue weighted by Gasteiger charge is -2.25. The molecule has 0 aliphatic heterocycles. The molecular weight excluding hydrogens is 206 g/mol. The zero-order chi connectivity index (χ0) is 11.3. The zero-order valence-electron chi connectivity index (χ0n) is 9.60. The molecule has 0 spiro atoms. The van der Waals surface area contributed by atoms with E-state index in [4.69, 9.17) is 5.73 Å². The van der Waals surface area contributed by atoms with Gasteiger partial charge in [0.1, 0.15) is 5.82 Å². The number of anilines is 1. The number of rotatable bonds is 5. The summed E-state index contributed by atoms with van der Waals surface area (Å²) in [4.78, 5) is 6.58. The van der Waals surface area contributed by atoms with Crippen molar-refractivity contribution in [2.24, 2.45) is 5.73 Å². The predicted molar refractivity (Wildman–Crippen MR) is 68.4 cm³/mol. The Morgan fingerprint density at radius 1 is 1.53 bits per heavy atom. The molecule has 0 aliphatic carbocycles. The molecule has 3 nitrogen and oxygen atoms in total. The van der Waals surface area contributed by atoms with E-state index in [-0.39, 0.29) is 0 Å². The summed E-state index contributed by atoms with van der Waals surface area (Å²) in [6, 6.07) is 4.56. The van der Waals surface area contributed by atoms with Crippen LogP contribution in [0.3, 0.4) is 0 Å². The normalized spacial score (nSPS) is 12.5. The van der Waals surface area contributed by atoms with Crippen molar-refractivity contribution >= 4 is 17.6 Å². The monoisotopic (exact) mass is 225 g/mol. The average molecular weight is 225 g/mol. The Morgan fingerprint density at radius 2 is 2.27 bits per heavy atom. The lowest BCUT2D eigenvalue weighted by Crippen LogP contribution is -2.31. The first-order valence-electron chi connectivity index (χ1n) is 5.05. The molecule has 15 heavy (non-hydrogen) atoms. The minimum atomic E-state index is 0.497. The highest BCUT2D eigenvalue weighted by Crippen LogP contribution is 2.14. The molecule has 0 saturated heterocycles. The molecule has 2 N–H and O–H groups in total. The number of aromatic nitrogens is 1. The quantitative estimate of drug-likeness (QED) is 0.828. The van der Waals surface area contributed by atoms with Crippen LogP contribution in [0.5, 0.6) is 0 Å². The van der Waals surface area contributed by atoms with Crippen molar-refractivity contribution < 1.29 is 0 Å². The third-order valence-electron chi connectivity index (χ3n) is 2.48.